The molecule has 0 atom stereocenters. The summed E-state index contributed by atoms with van der Waals surface area (Å²) >= 11 is 0. The number of ether oxygens (including phenoxy) is 3. The molecule has 0 spiro atoms. The van der Waals surface area contributed by atoms with Crippen molar-refractivity contribution in [3.8, 4) is 11.5 Å². The van der Waals surface area contributed by atoms with Crippen LogP contribution in [-0.2, 0) is 9.53 Å². The van der Waals surface area contributed by atoms with Gasteiger partial charge in [0.2, 0.25) is 5.90 Å². The normalized spacial score (nSPS) is 14.3. The minimum atomic E-state index is -0.591. The lowest BCUT2D eigenvalue weighted by atomic mass is 10.1. The first-order chi connectivity index (χ1) is 15.4. The Bertz CT molecular complexity index is 1070. The molecule has 8 heteroatoms. The van der Waals surface area contributed by atoms with Gasteiger partial charge in [-0.15, -0.1) is 0 Å². The highest BCUT2D eigenvalue weighted by molar-refractivity contribution is 6.13. The molecule has 0 radical (unpaired) electrons. The number of nitro benzene ring substituents is 1. The molecule has 3 rings (SSSR count). The van der Waals surface area contributed by atoms with Gasteiger partial charge in [-0.2, -0.15) is 0 Å². The van der Waals surface area contributed by atoms with Crippen LogP contribution in [0.3, 0.4) is 0 Å². The van der Waals surface area contributed by atoms with E-state index in [9.17, 15) is 14.9 Å². The molecule has 32 heavy (non-hydrogen) atoms. The molecule has 0 N–H and O–H groups in total. The highest BCUT2D eigenvalue weighted by Crippen LogP contribution is 2.30. The molecule has 2 aromatic rings. The maximum atomic E-state index is 12.3. The van der Waals surface area contributed by atoms with E-state index in [2.05, 4.69) is 11.9 Å². The highest BCUT2D eigenvalue weighted by atomic mass is 16.6. The van der Waals surface area contributed by atoms with Gasteiger partial charge in [-0.3, -0.25) is 10.1 Å². The lowest BCUT2D eigenvalue weighted by Gasteiger charge is -2.11. The van der Waals surface area contributed by atoms with E-state index in [0.717, 1.165) is 12.8 Å². The zero-order valence-electron chi connectivity index (χ0n) is 18.4. The van der Waals surface area contributed by atoms with Crippen LogP contribution in [0.1, 0.15) is 49.3 Å². The summed E-state index contributed by atoms with van der Waals surface area (Å²) in [4.78, 5) is 27.1. The van der Waals surface area contributed by atoms with E-state index in [1.165, 1.54) is 25.0 Å². The fourth-order valence-electron chi connectivity index (χ4n) is 3.29. The zero-order chi connectivity index (χ0) is 23.1. The lowest BCUT2D eigenvalue weighted by molar-refractivity contribution is -0.385. The number of methoxy groups -OCH3 is 1. The molecule has 0 aromatic heterocycles. The quantitative estimate of drug-likeness (QED) is 0.166. The fourth-order valence-corrected chi connectivity index (χ4v) is 3.29. The molecule has 0 fully saturated rings. The molecule has 0 bridgehead atoms. The van der Waals surface area contributed by atoms with E-state index in [1.54, 1.807) is 38.3 Å². The van der Waals surface area contributed by atoms with Crippen LogP contribution in [0.2, 0.25) is 0 Å². The maximum absolute atomic E-state index is 12.3. The second-order valence-electron chi connectivity index (χ2n) is 7.41. The Morgan fingerprint density at radius 1 is 1.12 bits per heavy atom. The van der Waals surface area contributed by atoms with E-state index in [1.807, 2.05) is 6.07 Å². The summed E-state index contributed by atoms with van der Waals surface area (Å²) < 4.78 is 16.5. The molecular formula is C24H26N2O6. The number of carbonyl (C=O) groups is 1. The molecule has 168 valence electrons. The molecule has 0 saturated carbocycles. The predicted octanol–water partition coefficient (Wildman–Crippen LogP) is 5.22. The van der Waals surface area contributed by atoms with Crippen LogP contribution in [0.25, 0.3) is 6.08 Å². The van der Waals surface area contributed by atoms with Gasteiger partial charge in [0.25, 0.3) is 5.69 Å². The van der Waals surface area contributed by atoms with Crippen molar-refractivity contribution in [1.29, 1.82) is 0 Å². The smallest absolute Gasteiger partial charge is 0.363 e. The number of cyclic esters (lactones) is 1. The molecular weight excluding hydrogens is 412 g/mol. The number of esters is 1. The maximum Gasteiger partial charge on any atom is 0.363 e. The average Bonchev–Trinajstić information content (AvgIpc) is 3.14. The summed E-state index contributed by atoms with van der Waals surface area (Å²) in [5.41, 5.74) is 1.78. The Morgan fingerprint density at radius 3 is 2.62 bits per heavy atom. The molecule has 1 aliphatic rings. The molecule has 8 nitrogen and oxygen atoms in total. The predicted molar refractivity (Wildman–Crippen MR) is 121 cm³/mol. The number of nitrogens with zero attached hydrogens (tertiary/aromatic N) is 2. The first-order valence-corrected chi connectivity index (χ1v) is 10.5. The van der Waals surface area contributed by atoms with Gasteiger partial charge in [-0.25, -0.2) is 9.79 Å². The fraction of sp³-hybridized carbons (Fsp3) is 0.333. The number of hydrogen-bond donors (Lipinski definition) is 0. The third-order valence-electron chi connectivity index (χ3n) is 5.01. The topological polar surface area (TPSA) is 100 Å². The standard InChI is InChI=1S/C24H26N2O6/c1-4-5-6-7-12-31-21-11-8-17(15-22(21)30-3)14-19-24(27)32-23(25-19)18-9-10-20(26(28)29)16(2)13-18/h8-11,13-15H,4-7,12H2,1-3H3/b19-14-. The summed E-state index contributed by atoms with van der Waals surface area (Å²) in [5.74, 6) is 0.728. The van der Waals surface area contributed by atoms with Crippen molar-refractivity contribution in [2.24, 2.45) is 4.99 Å². The van der Waals surface area contributed by atoms with Crippen LogP contribution < -0.4 is 9.47 Å². The summed E-state index contributed by atoms with van der Waals surface area (Å²) in [5, 5.41) is 11.0. The summed E-state index contributed by atoms with van der Waals surface area (Å²) in [6.07, 6.45) is 6.06. The van der Waals surface area contributed by atoms with Crippen LogP contribution in [0.5, 0.6) is 11.5 Å². The number of benzene rings is 2. The molecule has 0 saturated heterocycles. The van der Waals surface area contributed by atoms with Crippen molar-refractivity contribution in [2.45, 2.75) is 39.5 Å². The Balaban J connectivity index is 1.77. The molecule has 2 aromatic carbocycles. The third kappa shape index (κ3) is 5.51. The van der Waals surface area contributed by atoms with Crippen LogP contribution in [0.15, 0.2) is 47.1 Å². The first-order valence-electron chi connectivity index (χ1n) is 10.5. The van der Waals surface area contributed by atoms with Crippen LogP contribution >= 0.6 is 0 Å². The monoisotopic (exact) mass is 438 g/mol. The average molecular weight is 438 g/mol. The number of nitro groups is 1. The van der Waals surface area contributed by atoms with Crippen molar-refractivity contribution < 1.29 is 23.9 Å². The second-order valence-corrected chi connectivity index (χ2v) is 7.41. The van der Waals surface area contributed by atoms with Gasteiger partial charge in [0.15, 0.2) is 17.2 Å². The van der Waals surface area contributed by atoms with E-state index in [4.69, 9.17) is 14.2 Å². The molecule has 1 heterocycles. The molecule has 1 aliphatic heterocycles. The Morgan fingerprint density at radius 2 is 1.94 bits per heavy atom. The van der Waals surface area contributed by atoms with E-state index < -0.39 is 10.9 Å². The van der Waals surface area contributed by atoms with Gasteiger partial charge < -0.3 is 14.2 Å². The minimum absolute atomic E-state index is 0.00536. The van der Waals surface area contributed by atoms with Gasteiger partial charge in [0.05, 0.1) is 18.6 Å². The van der Waals surface area contributed by atoms with Crippen LogP contribution in [0, 0.1) is 17.0 Å². The summed E-state index contributed by atoms with van der Waals surface area (Å²) in [6.45, 7) is 4.40. The number of rotatable bonds is 10. The van der Waals surface area contributed by atoms with Crippen LogP contribution in [-0.4, -0.2) is 30.5 Å². The van der Waals surface area contributed by atoms with Gasteiger partial charge >= 0.3 is 5.97 Å². The summed E-state index contributed by atoms with van der Waals surface area (Å²) in [7, 11) is 1.56. The number of aliphatic imine (C=N–C) groups is 1. The van der Waals surface area contributed by atoms with Gasteiger partial charge in [0, 0.05) is 17.2 Å². The Labute approximate surface area is 186 Å². The SMILES string of the molecule is CCCCCCOc1ccc(/C=C2\N=C(c3ccc([N+](=O)[O-])c(C)c3)OC2=O)cc1OC. The van der Waals surface area contributed by atoms with Gasteiger partial charge in [0.1, 0.15) is 0 Å². The van der Waals surface area contributed by atoms with Crippen molar-refractivity contribution in [2.75, 3.05) is 13.7 Å². The highest BCUT2D eigenvalue weighted by Gasteiger charge is 2.25. The molecule has 0 amide bonds. The largest absolute Gasteiger partial charge is 0.493 e. The van der Waals surface area contributed by atoms with Crippen molar-refractivity contribution >= 4 is 23.6 Å². The van der Waals surface area contributed by atoms with E-state index in [0.29, 0.717) is 34.8 Å². The number of carbonyl (C=O) groups excluding carboxylic acids is 1. The minimum Gasteiger partial charge on any atom is -0.493 e. The van der Waals surface area contributed by atoms with Gasteiger partial charge in [-0.1, -0.05) is 32.3 Å². The number of hydrogen-bond acceptors (Lipinski definition) is 7. The Hall–Kier alpha value is -3.68. The summed E-state index contributed by atoms with van der Waals surface area (Å²) in [6, 6.07) is 9.84. The number of unbranched alkanes of at least 4 members (excludes halogenated alkanes) is 3. The number of aryl methyl sites for hydroxylation is 1. The van der Waals surface area contributed by atoms with Crippen molar-refractivity contribution in [1.82, 2.24) is 0 Å². The molecule has 0 unspecified atom stereocenters. The lowest BCUT2D eigenvalue weighted by Crippen LogP contribution is -2.06. The second kappa shape index (κ2) is 10.6. The molecule has 0 aliphatic carbocycles. The first kappa shape index (κ1) is 23.0. The zero-order valence-corrected chi connectivity index (χ0v) is 18.4. The van der Waals surface area contributed by atoms with Crippen molar-refractivity contribution in [3.05, 3.63) is 68.9 Å². The van der Waals surface area contributed by atoms with Crippen molar-refractivity contribution in [3.63, 3.8) is 0 Å². The third-order valence-corrected chi connectivity index (χ3v) is 5.01. The Kier molecular flexibility index (Phi) is 7.59. The van der Waals surface area contributed by atoms with Gasteiger partial charge in [-0.05, 0) is 49.2 Å². The van der Waals surface area contributed by atoms with Crippen LogP contribution in [0.4, 0.5) is 5.69 Å². The van der Waals surface area contributed by atoms with E-state index in [-0.39, 0.29) is 17.3 Å². The van der Waals surface area contributed by atoms with E-state index >= 15 is 0 Å².